The van der Waals surface area contributed by atoms with E-state index >= 15 is 0 Å². The number of ether oxygens (including phenoxy) is 3. The van der Waals surface area contributed by atoms with Gasteiger partial charge >= 0.3 is 11.3 Å². The minimum atomic E-state index is -1.94. The summed E-state index contributed by atoms with van der Waals surface area (Å²) in [5.74, 6) is -4.33. The van der Waals surface area contributed by atoms with Crippen molar-refractivity contribution in [2.24, 2.45) is 0 Å². The first-order valence-corrected chi connectivity index (χ1v) is 12.7. The van der Waals surface area contributed by atoms with Crippen molar-refractivity contribution in [3.8, 4) is 5.75 Å². The molecule has 1 aromatic rings. The number of carbonyl (C=O) groups excluding carboxylic acids is 5. The van der Waals surface area contributed by atoms with Gasteiger partial charge in [-0.2, -0.15) is 0 Å². The Bertz CT molecular complexity index is 1280. The molecule has 16 nitrogen and oxygen atoms in total. The average Bonchev–Trinajstić information content (AvgIpc) is 3.24. The average molecular weight is 610 g/mol. The zero-order valence-corrected chi connectivity index (χ0v) is 22.5. The lowest BCUT2D eigenvalue weighted by Gasteiger charge is -2.38. The van der Waals surface area contributed by atoms with Gasteiger partial charge in [0.05, 0.1) is 5.69 Å². The third kappa shape index (κ3) is 8.60. The third-order valence-electron chi connectivity index (χ3n) is 5.82. The molecule has 0 saturated carbocycles. The number of thiol groups is 1. The Morgan fingerprint density at radius 2 is 1.71 bits per heavy atom. The smallest absolute Gasteiger partial charge is 0.364 e. The van der Waals surface area contributed by atoms with E-state index in [4.69, 9.17) is 9.47 Å². The Kier molecular flexibility index (Phi) is 11.2. The van der Waals surface area contributed by atoms with Crippen molar-refractivity contribution < 1.29 is 63.4 Å². The summed E-state index contributed by atoms with van der Waals surface area (Å²) in [5, 5.41) is 43.7. The van der Waals surface area contributed by atoms with E-state index in [1.54, 1.807) is 0 Å². The fourth-order valence-corrected chi connectivity index (χ4v) is 3.82. The molecular formula is C25H27N3O13S. The molecule has 0 bridgehead atoms. The van der Waals surface area contributed by atoms with Crippen molar-refractivity contribution in [1.29, 1.82) is 0 Å². The molecule has 42 heavy (non-hydrogen) atoms. The molecule has 17 heteroatoms. The van der Waals surface area contributed by atoms with Crippen LogP contribution in [0.3, 0.4) is 0 Å². The van der Waals surface area contributed by atoms with Crippen LogP contribution in [0.4, 0.5) is 10.5 Å². The molecule has 1 aromatic carbocycles. The minimum absolute atomic E-state index is 0.00212. The first-order chi connectivity index (χ1) is 19.9. The zero-order chi connectivity index (χ0) is 31.0. The van der Waals surface area contributed by atoms with Gasteiger partial charge in [0.2, 0.25) is 18.1 Å². The molecule has 4 amide bonds. The molecule has 2 aliphatic heterocycles. The molecule has 1 fully saturated rings. The molecular weight excluding hydrogens is 582 g/mol. The number of nitrogens with zero attached hydrogens (tertiary/aromatic N) is 1. The van der Waals surface area contributed by atoms with E-state index in [0.717, 1.165) is 17.1 Å². The Morgan fingerprint density at radius 3 is 2.36 bits per heavy atom. The second-order valence-corrected chi connectivity index (χ2v) is 9.20. The van der Waals surface area contributed by atoms with Gasteiger partial charge in [-0.15, -0.1) is 0 Å². The summed E-state index contributed by atoms with van der Waals surface area (Å²) in [5.41, 5.74) is 0.473. The SMILES string of the molecule is O=C(CN1C(=O)C=CC1=O)NCCC(=O)Nc1cc(/C=C/COC(=O)S)ccc1O[C@@H]1O[C@H](C(=O)O)[C@@H](O)[C@H](O)[C@H]1O. The van der Waals surface area contributed by atoms with E-state index in [1.165, 1.54) is 30.4 Å². The summed E-state index contributed by atoms with van der Waals surface area (Å²) in [4.78, 5) is 70.9. The van der Waals surface area contributed by atoms with E-state index in [2.05, 4.69) is 28.0 Å². The molecule has 5 atom stereocenters. The Balaban J connectivity index is 1.69. The number of amides is 4. The summed E-state index contributed by atoms with van der Waals surface area (Å²) in [6, 6.07) is 4.25. The van der Waals surface area contributed by atoms with Gasteiger partial charge in [-0.3, -0.25) is 24.1 Å². The Labute approximate surface area is 242 Å². The van der Waals surface area contributed by atoms with Crippen molar-refractivity contribution in [3.63, 3.8) is 0 Å². The summed E-state index contributed by atoms with van der Waals surface area (Å²) < 4.78 is 15.4. The number of hydrogen-bond donors (Lipinski definition) is 7. The molecule has 0 radical (unpaired) electrons. The first-order valence-electron chi connectivity index (χ1n) is 12.2. The largest absolute Gasteiger partial charge is 0.479 e. The number of carboxylic acids is 1. The van der Waals surface area contributed by atoms with Gasteiger partial charge in [-0.1, -0.05) is 24.8 Å². The van der Waals surface area contributed by atoms with Crippen LogP contribution < -0.4 is 15.4 Å². The molecule has 1 saturated heterocycles. The second kappa shape index (κ2) is 14.6. The molecule has 6 N–H and O–H groups in total. The third-order valence-corrected chi connectivity index (χ3v) is 5.95. The first kappa shape index (κ1) is 32.2. The highest BCUT2D eigenvalue weighted by atomic mass is 32.1. The molecule has 226 valence electrons. The quantitative estimate of drug-likeness (QED) is 0.0804. The van der Waals surface area contributed by atoms with Crippen LogP contribution in [0.5, 0.6) is 5.75 Å². The summed E-state index contributed by atoms with van der Waals surface area (Å²) in [6.45, 7) is -0.803. The van der Waals surface area contributed by atoms with Gasteiger partial charge in [0.25, 0.3) is 11.8 Å². The van der Waals surface area contributed by atoms with E-state index in [9.17, 15) is 49.2 Å². The van der Waals surface area contributed by atoms with Gasteiger partial charge in [0.15, 0.2) is 6.10 Å². The topological polar surface area (TPSA) is 238 Å². The van der Waals surface area contributed by atoms with Gasteiger partial charge in [0, 0.05) is 25.1 Å². The highest BCUT2D eigenvalue weighted by Gasteiger charge is 2.48. The maximum atomic E-state index is 12.7. The van der Waals surface area contributed by atoms with Crippen molar-refractivity contribution in [3.05, 3.63) is 42.0 Å². The monoisotopic (exact) mass is 609 g/mol. The fraction of sp³-hybridized carbons (Fsp3) is 0.360. The Hall–Kier alpha value is -4.29. The van der Waals surface area contributed by atoms with Crippen LogP contribution >= 0.6 is 12.6 Å². The van der Waals surface area contributed by atoms with Crippen LogP contribution in [0.2, 0.25) is 0 Å². The predicted octanol–water partition coefficient (Wildman–Crippen LogP) is -1.59. The van der Waals surface area contributed by atoms with Gasteiger partial charge in [-0.25, -0.2) is 9.59 Å². The van der Waals surface area contributed by atoms with Crippen LogP contribution in [0.25, 0.3) is 6.08 Å². The van der Waals surface area contributed by atoms with Gasteiger partial charge < -0.3 is 45.3 Å². The van der Waals surface area contributed by atoms with Crippen molar-refractivity contribution in [2.75, 3.05) is 25.0 Å². The maximum absolute atomic E-state index is 12.7. The number of carboxylic acid groups (broad SMARTS) is 1. The number of imide groups is 1. The number of hydrogen-bond acceptors (Lipinski definition) is 12. The maximum Gasteiger partial charge on any atom is 0.364 e. The molecule has 2 aliphatic rings. The van der Waals surface area contributed by atoms with Gasteiger partial charge in [-0.05, 0) is 23.8 Å². The highest BCUT2D eigenvalue weighted by Crippen LogP contribution is 2.31. The van der Waals surface area contributed by atoms with Crippen molar-refractivity contribution >= 4 is 59.3 Å². The number of nitrogens with one attached hydrogen (secondary N) is 2. The molecule has 2 heterocycles. The minimum Gasteiger partial charge on any atom is -0.479 e. The normalized spacial score (nSPS) is 23.6. The van der Waals surface area contributed by atoms with Crippen LogP contribution in [-0.4, -0.2) is 111 Å². The summed E-state index contributed by atoms with van der Waals surface area (Å²) in [6.07, 6.45) is -4.63. The van der Waals surface area contributed by atoms with E-state index < -0.39 is 72.2 Å². The Morgan fingerprint density at radius 1 is 1.02 bits per heavy atom. The standard InChI is InChI=1S/C25H27N3O13S/c29-15(7-8-26-16(30)11-28-17(31)5-6-18(28)32)27-13-10-12(2-1-9-39-25(38)42)3-4-14(13)40-24-21(35)19(33)20(34)22(41-24)23(36)37/h1-6,10,19-22,24,33-35H,7-9,11H2,(H,26,30)(H,27,29)(H,36,37)(H,38,42)/b2-1+/t19-,20-,21+,22-,24+/m0/s1. The van der Waals surface area contributed by atoms with E-state index in [-0.39, 0.29) is 31.0 Å². The summed E-state index contributed by atoms with van der Waals surface area (Å²) in [7, 11) is 0. The van der Waals surface area contributed by atoms with Crippen molar-refractivity contribution in [2.45, 2.75) is 37.1 Å². The highest BCUT2D eigenvalue weighted by molar-refractivity contribution is 7.96. The number of aliphatic hydroxyl groups excluding tert-OH is 3. The van der Waals surface area contributed by atoms with Crippen LogP contribution in [0.15, 0.2) is 36.4 Å². The lowest BCUT2D eigenvalue weighted by atomic mass is 9.99. The molecule has 0 spiro atoms. The molecule has 0 unspecified atom stereocenters. The van der Waals surface area contributed by atoms with E-state index in [1.807, 2.05) is 0 Å². The van der Waals surface area contributed by atoms with Crippen LogP contribution in [0, 0.1) is 0 Å². The number of anilines is 1. The van der Waals surface area contributed by atoms with Crippen LogP contribution in [-0.2, 0) is 33.4 Å². The number of benzene rings is 1. The predicted molar refractivity (Wildman–Crippen MR) is 143 cm³/mol. The molecule has 3 rings (SSSR count). The number of aliphatic hydroxyl groups is 3. The molecule has 0 aromatic heterocycles. The number of aliphatic carboxylic acids is 1. The lowest BCUT2D eigenvalue weighted by molar-refractivity contribution is -0.271. The lowest BCUT2D eigenvalue weighted by Crippen LogP contribution is -2.61. The number of rotatable bonds is 12. The fourth-order valence-electron chi connectivity index (χ4n) is 3.74. The zero-order valence-electron chi connectivity index (χ0n) is 21.6. The summed E-state index contributed by atoms with van der Waals surface area (Å²) >= 11 is 3.48. The van der Waals surface area contributed by atoms with Crippen molar-refractivity contribution in [1.82, 2.24) is 10.2 Å². The molecule has 0 aliphatic carbocycles. The van der Waals surface area contributed by atoms with Crippen LogP contribution in [0.1, 0.15) is 12.0 Å². The van der Waals surface area contributed by atoms with E-state index in [0.29, 0.717) is 5.56 Å². The van der Waals surface area contributed by atoms with Gasteiger partial charge in [0.1, 0.15) is 37.2 Å². The second-order valence-electron chi connectivity index (χ2n) is 8.83. The number of carbonyl (C=O) groups is 6.